The maximum Gasteiger partial charge on any atom is 0.185 e. The summed E-state index contributed by atoms with van der Waals surface area (Å²) in [7, 11) is 0. The molecule has 35 heavy (non-hydrogen) atoms. The summed E-state index contributed by atoms with van der Waals surface area (Å²) in [5.74, 6) is 0.923. The number of carbonyl (C=O) groups is 1. The number of unbranched alkanes of at least 4 members (excludes halogenated alkanes) is 15. The highest BCUT2D eigenvalue weighted by Gasteiger charge is 2.00. The molecule has 2 heteroatoms. The van der Waals surface area contributed by atoms with Crippen LogP contribution in [-0.4, -0.2) is 12.4 Å². The van der Waals surface area contributed by atoms with Gasteiger partial charge in [-0.25, -0.2) is 0 Å². The van der Waals surface area contributed by atoms with Gasteiger partial charge in [-0.1, -0.05) is 152 Å². The molecule has 0 aromatic heterocycles. The average molecular weight is 477 g/mol. The van der Waals surface area contributed by atoms with Gasteiger partial charge in [0.25, 0.3) is 0 Å². The van der Waals surface area contributed by atoms with Crippen LogP contribution in [-0.2, 0) is 0 Å². The van der Waals surface area contributed by atoms with Crippen molar-refractivity contribution in [2.24, 2.45) is 0 Å². The molecule has 0 aliphatic rings. The second-order valence-electron chi connectivity index (χ2n) is 9.78. The average Bonchev–Trinajstić information content (AvgIpc) is 2.90. The smallest absolute Gasteiger partial charge is 0.185 e. The van der Waals surface area contributed by atoms with Gasteiger partial charge in [0.05, 0.1) is 6.61 Å². The minimum atomic E-state index is 0.0226. The number of benzene rings is 2. The quantitative estimate of drug-likeness (QED) is 0.102. The second-order valence-corrected chi connectivity index (χ2v) is 9.78. The molecule has 2 aromatic rings. The van der Waals surface area contributed by atoms with Gasteiger partial charge >= 0.3 is 0 Å². The highest BCUT2D eigenvalue weighted by atomic mass is 16.5. The molecule has 0 amide bonds. The highest BCUT2D eigenvalue weighted by molar-refractivity contribution is 6.06. The second kappa shape index (κ2) is 19.9. The van der Waals surface area contributed by atoms with E-state index in [1.807, 2.05) is 60.7 Å². The van der Waals surface area contributed by atoms with Crippen molar-refractivity contribution in [1.29, 1.82) is 0 Å². The van der Waals surface area contributed by atoms with Crippen molar-refractivity contribution in [3.63, 3.8) is 0 Å². The standard InChI is InChI=1S/C33H48O2/c1-2-3-4-5-6-7-8-9-10-11-12-13-14-15-16-20-29-35-32-26-23-30(24-27-32)25-28-33(34)31-21-18-17-19-22-31/h17-19,21-28H,2-16,20,29H2,1H3. The van der Waals surface area contributed by atoms with E-state index in [9.17, 15) is 4.79 Å². The van der Waals surface area contributed by atoms with Crippen LogP contribution in [0.25, 0.3) is 6.08 Å². The van der Waals surface area contributed by atoms with Crippen LogP contribution >= 0.6 is 0 Å². The first-order valence-corrected chi connectivity index (χ1v) is 14.3. The predicted octanol–water partition coefficient (Wildman–Crippen LogP) is 10.2. The molecule has 192 valence electrons. The molecule has 0 aliphatic heterocycles. The Balaban J connectivity index is 1.40. The Morgan fingerprint density at radius 3 is 1.63 bits per heavy atom. The number of allylic oxidation sites excluding steroid dienone is 1. The molecule has 0 bridgehead atoms. The van der Waals surface area contributed by atoms with E-state index in [0.29, 0.717) is 5.56 Å². The summed E-state index contributed by atoms with van der Waals surface area (Å²) in [6.45, 7) is 3.06. The number of ketones is 1. The van der Waals surface area contributed by atoms with Crippen LogP contribution in [0.4, 0.5) is 0 Å². The van der Waals surface area contributed by atoms with Crippen molar-refractivity contribution in [3.8, 4) is 5.75 Å². The van der Waals surface area contributed by atoms with Gasteiger partial charge in [0, 0.05) is 5.56 Å². The number of hydrogen-bond acceptors (Lipinski definition) is 2. The SMILES string of the molecule is CCCCCCCCCCCCCCCCCCOc1ccc(C=CC(=O)c2ccccc2)cc1. The molecule has 0 saturated heterocycles. The van der Waals surface area contributed by atoms with E-state index in [2.05, 4.69) is 6.92 Å². The first kappa shape index (κ1) is 28.9. The first-order chi connectivity index (χ1) is 17.3. The monoisotopic (exact) mass is 476 g/mol. The van der Waals surface area contributed by atoms with Gasteiger partial charge in [-0.3, -0.25) is 4.79 Å². The molecule has 0 radical (unpaired) electrons. The normalized spacial score (nSPS) is 11.2. The summed E-state index contributed by atoms with van der Waals surface area (Å²) in [5, 5.41) is 0. The summed E-state index contributed by atoms with van der Waals surface area (Å²) >= 11 is 0. The number of rotatable bonds is 21. The van der Waals surface area contributed by atoms with Crippen LogP contribution in [0.5, 0.6) is 5.75 Å². The maximum atomic E-state index is 12.2. The number of ether oxygens (including phenoxy) is 1. The lowest BCUT2D eigenvalue weighted by molar-refractivity contribution is 0.104. The molecule has 2 aromatic carbocycles. The Labute approximate surface area is 215 Å². The molecule has 0 spiro atoms. The number of carbonyl (C=O) groups excluding carboxylic acids is 1. The van der Waals surface area contributed by atoms with Crippen molar-refractivity contribution < 1.29 is 9.53 Å². The molecule has 0 N–H and O–H groups in total. The topological polar surface area (TPSA) is 26.3 Å². The maximum absolute atomic E-state index is 12.2. The van der Waals surface area contributed by atoms with Crippen LogP contribution < -0.4 is 4.74 Å². The minimum absolute atomic E-state index is 0.0226. The van der Waals surface area contributed by atoms with Crippen LogP contribution in [0.1, 0.15) is 126 Å². The lowest BCUT2D eigenvalue weighted by atomic mass is 10.0. The van der Waals surface area contributed by atoms with Gasteiger partial charge < -0.3 is 4.74 Å². The minimum Gasteiger partial charge on any atom is -0.494 e. The van der Waals surface area contributed by atoms with Crippen molar-refractivity contribution in [2.75, 3.05) is 6.61 Å². The molecule has 0 unspecified atom stereocenters. The number of hydrogen-bond donors (Lipinski definition) is 0. The van der Waals surface area contributed by atoms with Crippen molar-refractivity contribution in [3.05, 3.63) is 71.8 Å². The summed E-state index contributed by atoms with van der Waals surface area (Å²) in [5.41, 5.74) is 1.71. The van der Waals surface area contributed by atoms with Crippen LogP contribution in [0.3, 0.4) is 0 Å². The fourth-order valence-corrected chi connectivity index (χ4v) is 4.39. The van der Waals surface area contributed by atoms with E-state index in [-0.39, 0.29) is 5.78 Å². The van der Waals surface area contributed by atoms with Crippen molar-refractivity contribution in [1.82, 2.24) is 0 Å². The predicted molar refractivity (Wildman–Crippen MR) is 151 cm³/mol. The Morgan fingerprint density at radius 2 is 1.11 bits per heavy atom. The van der Waals surface area contributed by atoms with Crippen molar-refractivity contribution in [2.45, 2.75) is 110 Å². The molecule has 0 heterocycles. The molecular weight excluding hydrogens is 428 g/mol. The van der Waals surface area contributed by atoms with Gasteiger partial charge in [0.2, 0.25) is 0 Å². The summed E-state index contributed by atoms with van der Waals surface area (Å²) in [6, 6.07) is 17.3. The first-order valence-electron chi connectivity index (χ1n) is 14.3. The van der Waals surface area contributed by atoms with Crippen LogP contribution in [0.2, 0.25) is 0 Å². The third-order valence-corrected chi connectivity index (χ3v) is 6.63. The van der Waals surface area contributed by atoms with Gasteiger partial charge in [0.1, 0.15) is 5.75 Å². The van der Waals surface area contributed by atoms with E-state index < -0.39 is 0 Å². The Hall–Kier alpha value is -2.35. The van der Waals surface area contributed by atoms with Crippen LogP contribution in [0.15, 0.2) is 60.7 Å². The van der Waals surface area contributed by atoms with E-state index in [1.54, 1.807) is 6.08 Å². The lowest BCUT2D eigenvalue weighted by Gasteiger charge is -2.07. The zero-order chi connectivity index (χ0) is 24.8. The fourth-order valence-electron chi connectivity index (χ4n) is 4.39. The Kier molecular flexibility index (Phi) is 16.4. The van der Waals surface area contributed by atoms with Gasteiger partial charge in [-0.2, -0.15) is 0 Å². The van der Waals surface area contributed by atoms with E-state index >= 15 is 0 Å². The third-order valence-electron chi connectivity index (χ3n) is 6.63. The zero-order valence-corrected chi connectivity index (χ0v) is 22.2. The molecule has 0 atom stereocenters. The van der Waals surface area contributed by atoms with E-state index in [0.717, 1.165) is 24.3 Å². The third kappa shape index (κ3) is 14.6. The van der Waals surface area contributed by atoms with Gasteiger partial charge in [-0.05, 0) is 30.2 Å². The summed E-state index contributed by atoms with van der Waals surface area (Å²) < 4.78 is 5.88. The van der Waals surface area contributed by atoms with Gasteiger partial charge in [0.15, 0.2) is 5.78 Å². The molecule has 2 nitrogen and oxygen atoms in total. The lowest BCUT2D eigenvalue weighted by Crippen LogP contribution is -1.97. The Bertz CT molecular complexity index is 792. The van der Waals surface area contributed by atoms with E-state index in [1.165, 1.54) is 96.3 Å². The molecule has 0 fully saturated rings. The Morgan fingerprint density at radius 1 is 0.629 bits per heavy atom. The zero-order valence-electron chi connectivity index (χ0n) is 22.2. The van der Waals surface area contributed by atoms with Gasteiger partial charge in [-0.15, -0.1) is 0 Å². The fraction of sp³-hybridized carbons (Fsp3) is 0.545. The largest absolute Gasteiger partial charge is 0.494 e. The van der Waals surface area contributed by atoms with Crippen molar-refractivity contribution >= 4 is 11.9 Å². The molecular formula is C33H48O2. The summed E-state index contributed by atoms with van der Waals surface area (Å²) in [6.07, 6.45) is 25.6. The summed E-state index contributed by atoms with van der Waals surface area (Å²) in [4.78, 5) is 12.2. The molecule has 0 saturated carbocycles. The highest BCUT2D eigenvalue weighted by Crippen LogP contribution is 2.16. The van der Waals surface area contributed by atoms with E-state index in [4.69, 9.17) is 4.74 Å². The van der Waals surface area contributed by atoms with Crippen LogP contribution in [0, 0.1) is 0 Å². The molecule has 0 aliphatic carbocycles. The molecule has 2 rings (SSSR count).